The smallest absolute Gasteiger partial charge is 0.251 e. The van der Waals surface area contributed by atoms with Crippen LogP contribution in [-0.4, -0.2) is 30.5 Å². The van der Waals surface area contributed by atoms with E-state index in [1.165, 1.54) is 29.7 Å². The van der Waals surface area contributed by atoms with Crippen LogP contribution in [0.25, 0.3) is 0 Å². The van der Waals surface area contributed by atoms with E-state index in [1.54, 1.807) is 0 Å². The summed E-state index contributed by atoms with van der Waals surface area (Å²) < 4.78 is 0. The molecule has 2 heterocycles. The van der Waals surface area contributed by atoms with Crippen LogP contribution in [0.2, 0.25) is 0 Å². The molecule has 1 saturated heterocycles. The zero-order valence-corrected chi connectivity index (χ0v) is 14.6. The van der Waals surface area contributed by atoms with Gasteiger partial charge in [0.25, 0.3) is 5.91 Å². The Morgan fingerprint density at radius 1 is 1.38 bits per heavy atom. The van der Waals surface area contributed by atoms with Gasteiger partial charge in [-0.15, -0.1) is 11.3 Å². The number of piperidine rings is 1. The molecule has 24 heavy (non-hydrogen) atoms. The summed E-state index contributed by atoms with van der Waals surface area (Å²) >= 11 is 1.45. The minimum Gasteiger partial charge on any atom is -0.375 e. The quantitative estimate of drug-likeness (QED) is 0.704. The maximum absolute atomic E-state index is 12.2. The zero-order chi connectivity index (χ0) is 16.8. The van der Waals surface area contributed by atoms with Gasteiger partial charge in [0, 0.05) is 24.0 Å². The van der Waals surface area contributed by atoms with Crippen LogP contribution in [0.15, 0.2) is 29.6 Å². The average molecular weight is 344 g/mol. The topological polar surface area (TPSA) is 80.0 Å². The molecule has 0 aliphatic carbocycles. The highest BCUT2D eigenvalue weighted by Gasteiger charge is 2.15. The monoisotopic (exact) mass is 344 g/mol. The molecule has 0 spiro atoms. The summed E-state index contributed by atoms with van der Waals surface area (Å²) in [5.74, 6) is 0.558. The first-order chi connectivity index (χ1) is 11.7. The molecule has 0 saturated carbocycles. The van der Waals surface area contributed by atoms with E-state index in [0.717, 1.165) is 37.2 Å². The highest BCUT2D eigenvalue weighted by molar-refractivity contribution is 7.13. The number of carbonyl (C=O) groups excluding carboxylic acids is 1. The summed E-state index contributed by atoms with van der Waals surface area (Å²) in [5.41, 5.74) is 8.65. The van der Waals surface area contributed by atoms with E-state index in [9.17, 15) is 4.79 Å². The van der Waals surface area contributed by atoms with E-state index in [2.05, 4.69) is 27.8 Å². The zero-order valence-electron chi connectivity index (χ0n) is 13.8. The number of amides is 1. The minimum atomic E-state index is -0.0129. The molecule has 6 heteroatoms. The van der Waals surface area contributed by atoms with Gasteiger partial charge in [-0.25, -0.2) is 4.98 Å². The summed E-state index contributed by atoms with van der Waals surface area (Å²) in [5, 5.41) is 8.96. The number of hydrogen-bond acceptors (Lipinski definition) is 5. The van der Waals surface area contributed by atoms with Gasteiger partial charge in [-0.05, 0) is 55.8 Å². The second-order valence-electron chi connectivity index (χ2n) is 6.20. The molecule has 0 radical (unpaired) electrons. The van der Waals surface area contributed by atoms with Gasteiger partial charge >= 0.3 is 0 Å². The molecule has 3 rings (SSSR count). The van der Waals surface area contributed by atoms with Crippen molar-refractivity contribution in [3.63, 3.8) is 0 Å². The van der Waals surface area contributed by atoms with E-state index in [1.807, 2.05) is 17.5 Å². The van der Waals surface area contributed by atoms with Crippen LogP contribution in [0.3, 0.4) is 0 Å². The number of hydrogen-bond donors (Lipinski definition) is 3. The van der Waals surface area contributed by atoms with Crippen LogP contribution < -0.4 is 16.4 Å². The second kappa shape index (κ2) is 8.26. The lowest BCUT2D eigenvalue weighted by Crippen LogP contribution is -2.28. The summed E-state index contributed by atoms with van der Waals surface area (Å²) in [4.78, 5) is 16.4. The van der Waals surface area contributed by atoms with Crippen LogP contribution in [-0.2, 0) is 6.42 Å². The standard InChI is InChI=1S/C18H24N4OS/c19-18-22-16(12-24-18)4-2-10-21-17(23)14-7-5-13(6-8-14)15-3-1-9-20-11-15/h5-8,12,15,20H,1-4,9-11H2,(H2,19,22)(H,21,23)/t15-/m1/s1. The van der Waals surface area contributed by atoms with E-state index in [-0.39, 0.29) is 5.91 Å². The lowest BCUT2D eigenvalue weighted by molar-refractivity contribution is 0.0953. The number of rotatable bonds is 6. The predicted octanol–water partition coefficient (Wildman–Crippen LogP) is 2.55. The van der Waals surface area contributed by atoms with Crippen LogP contribution in [0, 0.1) is 0 Å². The van der Waals surface area contributed by atoms with Crippen molar-refractivity contribution in [2.24, 2.45) is 0 Å². The van der Waals surface area contributed by atoms with Crippen LogP contribution in [0.4, 0.5) is 5.13 Å². The Morgan fingerprint density at radius 3 is 2.88 bits per heavy atom. The van der Waals surface area contributed by atoms with Gasteiger partial charge in [-0.2, -0.15) is 0 Å². The van der Waals surface area contributed by atoms with Gasteiger partial charge in [0.05, 0.1) is 5.69 Å². The van der Waals surface area contributed by atoms with Gasteiger partial charge < -0.3 is 16.4 Å². The van der Waals surface area contributed by atoms with Crippen molar-refractivity contribution in [3.05, 3.63) is 46.5 Å². The fourth-order valence-electron chi connectivity index (χ4n) is 3.05. The summed E-state index contributed by atoms with van der Waals surface area (Å²) in [7, 11) is 0. The number of nitrogens with two attached hydrogens (primary N) is 1. The van der Waals surface area contributed by atoms with Crippen molar-refractivity contribution in [1.82, 2.24) is 15.6 Å². The Bertz CT molecular complexity index is 662. The maximum atomic E-state index is 12.2. The number of nitrogens with one attached hydrogen (secondary N) is 2. The molecule has 1 aliphatic rings. The first-order valence-electron chi connectivity index (χ1n) is 8.51. The Morgan fingerprint density at radius 2 is 2.21 bits per heavy atom. The van der Waals surface area contributed by atoms with Crippen molar-refractivity contribution in [2.45, 2.75) is 31.6 Å². The SMILES string of the molecule is Nc1nc(CCCNC(=O)c2ccc([C@@H]3CCCNC3)cc2)cs1. The largest absolute Gasteiger partial charge is 0.375 e. The fraction of sp³-hybridized carbons (Fsp3) is 0.444. The van der Waals surface area contributed by atoms with Crippen LogP contribution >= 0.6 is 11.3 Å². The number of carbonyl (C=O) groups is 1. The predicted molar refractivity (Wildman–Crippen MR) is 98.5 cm³/mol. The normalized spacial score (nSPS) is 17.6. The fourth-order valence-corrected chi connectivity index (χ4v) is 3.65. The van der Waals surface area contributed by atoms with E-state index in [0.29, 0.717) is 17.6 Å². The molecule has 4 N–H and O–H groups in total. The van der Waals surface area contributed by atoms with Gasteiger partial charge in [0.1, 0.15) is 0 Å². The maximum Gasteiger partial charge on any atom is 0.251 e. The molecule has 0 bridgehead atoms. The van der Waals surface area contributed by atoms with Crippen molar-refractivity contribution >= 4 is 22.4 Å². The Balaban J connectivity index is 1.44. The summed E-state index contributed by atoms with van der Waals surface area (Å²) in [6, 6.07) is 8.04. The minimum absolute atomic E-state index is 0.0129. The number of thiazole rings is 1. The van der Waals surface area contributed by atoms with Crippen molar-refractivity contribution < 1.29 is 4.79 Å². The molecule has 1 atom stereocenters. The van der Waals surface area contributed by atoms with Crippen molar-refractivity contribution in [2.75, 3.05) is 25.4 Å². The first-order valence-corrected chi connectivity index (χ1v) is 9.39. The molecule has 0 unspecified atom stereocenters. The third kappa shape index (κ3) is 4.55. The summed E-state index contributed by atoms with van der Waals surface area (Å²) in [6.45, 7) is 2.79. The lowest BCUT2D eigenvalue weighted by Gasteiger charge is -2.23. The molecule has 5 nitrogen and oxygen atoms in total. The van der Waals surface area contributed by atoms with Crippen molar-refractivity contribution in [3.8, 4) is 0 Å². The van der Waals surface area contributed by atoms with Gasteiger partial charge in [0.15, 0.2) is 5.13 Å². The number of aromatic nitrogens is 1. The summed E-state index contributed by atoms with van der Waals surface area (Å²) in [6.07, 6.45) is 4.14. The van der Waals surface area contributed by atoms with Crippen molar-refractivity contribution in [1.29, 1.82) is 0 Å². The van der Waals surface area contributed by atoms with E-state index in [4.69, 9.17) is 5.73 Å². The molecule has 128 valence electrons. The first kappa shape index (κ1) is 16.9. The molecule has 1 aromatic heterocycles. The molecular formula is C18H24N4OS. The number of aryl methyl sites for hydroxylation is 1. The molecular weight excluding hydrogens is 320 g/mol. The van der Waals surface area contributed by atoms with E-state index >= 15 is 0 Å². The molecule has 1 amide bonds. The molecule has 2 aromatic rings. The van der Waals surface area contributed by atoms with Crippen LogP contribution in [0.5, 0.6) is 0 Å². The molecule has 1 aromatic carbocycles. The number of benzene rings is 1. The molecule has 1 fully saturated rings. The van der Waals surface area contributed by atoms with E-state index < -0.39 is 0 Å². The van der Waals surface area contributed by atoms with Gasteiger partial charge in [-0.1, -0.05) is 12.1 Å². The van der Waals surface area contributed by atoms with Gasteiger partial charge in [0.2, 0.25) is 0 Å². The number of anilines is 1. The second-order valence-corrected chi connectivity index (χ2v) is 7.09. The molecule has 1 aliphatic heterocycles. The Labute approximate surface area is 146 Å². The lowest BCUT2D eigenvalue weighted by atomic mass is 9.91. The third-order valence-corrected chi connectivity index (χ3v) is 5.13. The van der Waals surface area contributed by atoms with Gasteiger partial charge in [-0.3, -0.25) is 4.79 Å². The van der Waals surface area contributed by atoms with Crippen LogP contribution in [0.1, 0.15) is 46.8 Å². The highest BCUT2D eigenvalue weighted by Crippen LogP contribution is 2.23. The Hall–Kier alpha value is -1.92. The number of nitrogens with zero attached hydrogens (tertiary/aromatic N) is 1. The average Bonchev–Trinajstić information content (AvgIpc) is 3.05. The number of nitrogen functional groups attached to an aromatic ring is 1. The Kier molecular flexibility index (Phi) is 5.82. The third-order valence-electron chi connectivity index (χ3n) is 4.41. The highest BCUT2D eigenvalue weighted by atomic mass is 32.1.